The van der Waals surface area contributed by atoms with Crippen LogP contribution in [0.15, 0.2) is 39.5 Å². The lowest BCUT2D eigenvalue weighted by atomic mass is 10.0. The van der Waals surface area contributed by atoms with Crippen molar-refractivity contribution < 1.29 is 14.1 Å². The van der Waals surface area contributed by atoms with Gasteiger partial charge in [-0.3, -0.25) is 9.88 Å². The Hall–Kier alpha value is -2.89. The fourth-order valence-corrected chi connectivity index (χ4v) is 4.83. The molecule has 0 radical (unpaired) electrons. The Morgan fingerprint density at radius 2 is 1.89 bits per heavy atom. The minimum absolute atomic E-state index is 0.252. The van der Waals surface area contributed by atoms with Crippen LogP contribution in [0, 0.1) is 6.92 Å². The molecule has 1 aliphatic heterocycles. The smallest absolute Gasteiger partial charge is 0.410 e. The van der Waals surface area contributed by atoms with Crippen molar-refractivity contribution in [2.45, 2.75) is 52.7 Å². The summed E-state index contributed by atoms with van der Waals surface area (Å²) >= 11 is 9.35. The summed E-state index contributed by atoms with van der Waals surface area (Å²) in [4.78, 5) is 26.1. The summed E-state index contributed by atoms with van der Waals surface area (Å²) in [5, 5.41) is 3.83. The summed E-state index contributed by atoms with van der Waals surface area (Å²) in [5.41, 5.74) is 10.2. The molecule has 1 fully saturated rings. The molecule has 0 atom stereocenters. The average Bonchev–Trinajstić information content (AvgIpc) is 3.28. The van der Waals surface area contributed by atoms with E-state index in [1.165, 1.54) is 0 Å². The molecule has 0 spiro atoms. The number of pyridine rings is 1. The second-order valence-electron chi connectivity index (χ2n) is 10.5. The van der Waals surface area contributed by atoms with Crippen LogP contribution in [0.25, 0.3) is 11.5 Å². The summed E-state index contributed by atoms with van der Waals surface area (Å²) < 4.78 is 11.7. The number of anilines is 1. The van der Waals surface area contributed by atoms with E-state index < -0.39 is 5.60 Å². The van der Waals surface area contributed by atoms with Crippen molar-refractivity contribution in [1.29, 1.82) is 0 Å². The molecule has 9 nitrogen and oxygen atoms in total. The number of piperazine rings is 1. The summed E-state index contributed by atoms with van der Waals surface area (Å²) in [6, 6.07) is 7.80. The Morgan fingerprint density at radius 1 is 1.16 bits per heavy atom. The van der Waals surface area contributed by atoms with Gasteiger partial charge in [-0.05, 0) is 73.0 Å². The molecule has 4 rings (SSSR count). The third kappa shape index (κ3) is 7.58. The van der Waals surface area contributed by atoms with E-state index in [4.69, 9.17) is 27.2 Å². The van der Waals surface area contributed by atoms with E-state index in [-0.39, 0.29) is 6.09 Å². The lowest BCUT2D eigenvalue weighted by Crippen LogP contribution is -2.49. The van der Waals surface area contributed by atoms with Gasteiger partial charge in [-0.2, -0.15) is 4.98 Å². The van der Waals surface area contributed by atoms with Crippen molar-refractivity contribution in [2.24, 2.45) is 0 Å². The standard InChI is InChI=1S/C27H33BrN6O3S/c1-17-31-25(37-32-17)19-6-5-18(24(29)13-19)12-22(38)14-21-11-20(23(28)15-30-21)16-33-7-9-34(10-8-33)26(35)36-27(2,3)4/h5-6,11,13,15H,7-10,12,14,16,29H2,1-4H3. The summed E-state index contributed by atoms with van der Waals surface area (Å²) in [6.45, 7) is 11.0. The Morgan fingerprint density at radius 3 is 2.53 bits per heavy atom. The maximum absolute atomic E-state index is 12.4. The first kappa shape index (κ1) is 28.1. The molecule has 0 aliphatic carbocycles. The van der Waals surface area contributed by atoms with Gasteiger partial charge in [0.2, 0.25) is 0 Å². The molecule has 38 heavy (non-hydrogen) atoms. The third-order valence-electron chi connectivity index (χ3n) is 6.10. The number of carbonyl (C=O) groups excluding carboxylic acids is 1. The van der Waals surface area contributed by atoms with Gasteiger partial charge in [0, 0.05) is 78.0 Å². The van der Waals surface area contributed by atoms with Gasteiger partial charge in [0.05, 0.1) is 0 Å². The quantitative estimate of drug-likeness (QED) is 0.296. The molecular formula is C27H33BrN6O3S. The first-order valence-corrected chi connectivity index (χ1v) is 13.7. The minimum atomic E-state index is -0.489. The monoisotopic (exact) mass is 600 g/mol. The maximum atomic E-state index is 12.4. The molecule has 1 aromatic carbocycles. The number of aromatic nitrogens is 3. The molecule has 0 unspecified atom stereocenters. The molecule has 2 aromatic heterocycles. The number of thiocarbonyl (C=S) groups is 1. The van der Waals surface area contributed by atoms with Crippen molar-refractivity contribution in [2.75, 3.05) is 31.9 Å². The second kappa shape index (κ2) is 11.9. The number of hydrogen-bond donors (Lipinski definition) is 1. The highest BCUT2D eigenvalue weighted by Gasteiger charge is 2.26. The van der Waals surface area contributed by atoms with Crippen LogP contribution in [0.5, 0.6) is 0 Å². The largest absolute Gasteiger partial charge is 0.444 e. The van der Waals surface area contributed by atoms with Crippen molar-refractivity contribution in [3.8, 4) is 11.5 Å². The number of nitrogen functional groups attached to an aromatic ring is 1. The SMILES string of the molecule is Cc1noc(-c2ccc(CC(=S)Cc3cc(CN4CCN(C(=O)OC(C)(C)C)CC4)c(Br)cn3)c(N)c2)n1. The Kier molecular flexibility index (Phi) is 8.79. The van der Waals surface area contributed by atoms with Crippen molar-refractivity contribution in [3.63, 3.8) is 0 Å². The second-order valence-corrected chi connectivity index (χ2v) is 11.9. The van der Waals surface area contributed by atoms with Crippen molar-refractivity contribution in [3.05, 3.63) is 57.6 Å². The fraction of sp³-hybridized carbons (Fsp3) is 0.444. The fourth-order valence-electron chi connectivity index (χ4n) is 4.18. The zero-order valence-electron chi connectivity index (χ0n) is 22.2. The van der Waals surface area contributed by atoms with Crippen LogP contribution < -0.4 is 5.73 Å². The van der Waals surface area contributed by atoms with Crippen LogP contribution in [-0.4, -0.2) is 67.7 Å². The number of benzene rings is 1. The van der Waals surface area contributed by atoms with Crippen LogP contribution in [0.2, 0.25) is 0 Å². The number of nitrogens with zero attached hydrogens (tertiary/aromatic N) is 5. The average molecular weight is 602 g/mol. The molecule has 202 valence electrons. The van der Waals surface area contributed by atoms with Crippen LogP contribution in [0.1, 0.15) is 43.4 Å². The number of halogens is 1. The number of nitrogens with two attached hydrogens (primary N) is 1. The van der Waals surface area contributed by atoms with E-state index in [9.17, 15) is 4.79 Å². The van der Waals surface area contributed by atoms with E-state index >= 15 is 0 Å². The normalized spacial score (nSPS) is 14.5. The van der Waals surface area contributed by atoms with Crippen molar-refractivity contribution >= 4 is 44.8 Å². The highest BCUT2D eigenvalue weighted by Crippen LogP contribution is 2.24. The van der Waals surface area contributed by atoms with E-state index in [0.29, 0.717) is 43.3 Å². The Balaban J connectivity index is 1.33. The molecule has 2 N–H and O–H groups in total. The molecular weight excluding hydrogens is 568 g/mol. The van der Waals surface area contributed by atoms with Crippen molar-refractivity contribution in [1.82, 2.24) is 24.9 Å². The number of ether oxygens (including phenoxy) is 1. The first-order valence-electron chi connectivity index (χ1n) is 12.5. The third-order valence-corrected chi connectivity index (χ3v) is 7.10. The van der Waals surface area contributed by atoms with E-state index in [0.717, 1.165) is 51.4 Å². The number of aryl methyl sites for hydroxylation is 1. The molecule has 0 saturated carbocycles. The minimum Gasteiger partial charge on any atom is -0.444 e. The Labute approximate surface area is 236 Å². The van der Waals surface area contributed by atoms with Crippen LogP contribution in [-0.2, 0) is 24.1 Å². The molecule has 11 heteroatoms. The number of amides is 1. The van der Waals surface area contributed by atoms with Gasteiger partial charge in [-0.1, -0.05) is 23.4 Å². The zero-order chi connectivity index (χ0) is 27.4. The molecule has 3 heterocycles. The maximum Gasteiger partial charge on any atom is 0.410 e. The van der Waals surface area contributed by atoms with E-state index in [1.807, 2.05) is 45.2 Å². The zero-order valence-corrected chi connectivity index (χ0v) is 24.6. The van der Waals surface area contributed by atoms with Crippen LogP contribution in [0.4, 0.5) is 10.5 Å². The van der Waals surface area contributed by atoms with Gasteiger partial charge in [-0.25, -0.2) is 4.79 Å². The van der Waals surface area contributed by atoms with Gasteiger partial charge in [0.25, 0.3) is 5.89 Å². The Bertz CT molecular complexity index is 1310. The van der Waals surface area contributed by atoms with Crippen LogP contribution in [0.3, 0.4) is 0 Å². The molecule has 1 aliphatic rings. The molecule has 0 bridgehead atoms. The summed E-state index contributed by atoms with van der Waals surface area (Å²) in [6.07, 6.45) is 2.73. The number of hydrogen-bond acceptors (Lipinski definition) is 9. The molecule has 1 saturated heterocycles. The summed E-state index contributed by atoms with van der Waals surface area (Å²) in [5.74, 6) is 1.02. The van der Waals surface area contributed by atoms with Gasteiger partial charge >= 0.3 is 6.09 Å². The van der Waals surface area contributed by atoms with Gasteiger partial charge in [-0.15, -0.1) is 0 Å². The predicted octanol–water partition coefficient (Wildman–Crippen LogP) is 4.99. The van der Waals surface area contributed by atoms with E-state index in [2.05, 4.69) is 42.0 Å². The van der Waals surface area contributed by atoms with Gasteiger partial charge < -0.3 is 19.9 Å². The highest BCUT2D eigenvalue weighted by atomic mass is 79.9. The lowest BCUT2D eigenvalue weighted by Gasteiger charge is -2.35. The highest BCUT2D eigenvalue weighted by molar-refractivity contribution is 9.10. The molecule has 1 amide bonds. The number of carbonyl (C=O) groups is 1. The predicted molar refractivity (Wildman–Crippen MR) is 154 cm³/mol. The van der Waals surface area contributed by atoms with E-state index in [1.54, 1.807) is 11.8 Å². The first-order chi connectivity index (χ1) is 18.0. The van der Waals surface area contributed by atoms with Gasteiger partial charge in [0.15, 0.2) is 5.82 Å². The summed E-state index contributed by atoms with van der Waals surface area (Å²) in [7, 11) is 0. The van der Waals surface area contributed by atoms with Crippen LogP contribution >= 0.6 is 28.1 Å². The topological polar surface area (TPSA) is 111 Å². The molecule has 3 aromatic rings. The number of rotatable bonds is 7. The van der Waals surface area contributed by atoms with Gasteiger partial charge in [0.1, 0.15) is 5.60 Å². The lowest BCUT2D eigenvalue weighted by molar-refractivity contribution is 0.0139.